The molecular weight excluding hydrogens is 298 g/mol. The molecule has 1 heterocycles. The van der Waals surface area contributed by atoms with Crippen LogP contribution in [-0.4, -0.2) is 46.5 Å². The van der Waals surface area contributed by atoms with Crippen molar-refractivity contribution < 1.29 is 23.9 Å². The lowest BCUT2D eigenvalue weighted by Gasteiger charge is -2.33. The van der Waals surface area contributed by atoms with Crippen molar-refractivity contribution in [3.8, 4) is 0 Å². The molecule has 8 heteroatoms. The number of piperidine rings is 1. The Morgan fingerprint density at radius 2 is 2.14 bits per heavy atom. The molecule has 0 spiro atoms. The Labute approximate surface area is 125 Å². The number of aliphatic hydroxyl groups excluding tert-OH is 2. The van der Waals surface area contributed by atoms with Gasteiger partial charge in [0.25, 0.3) is 0 Å². The van der Waals surface area contributed by atoms with Gasteiger partial charge in [-0.3, -0.25) is 10.1 Å². The molecule has 1 aromatic carbocycles. The van der Waals surface area contributed by atoms with Crippen LogP contribution in [0.4, 0.5) is 8.78 Å². The van der Waals surface area contributed by atoms with Gasteiger partial charge in [0.1, 0.15) is 0 Å². The molecule has 6 nitrogen and oxygen atoms in total. The fourth-order valence-corrected chi connectivity index (χ4v) is 2.88. The first-order valence-electron chi connectivity index (χ1n) is 7.03. The van der Waals surface area contributed by atoms with Gasteiger partial charge in [0, 0.05) is 11.0 Å². The van der Waals surface area contributed by atoms with Crippen molar-refractivity contribution in [2.24, 2.45) is 0 Å². The summed E-state index contributed by atoms with van der Waals surface area (Å²) in [5.41, 5.74) is 0.366. The summed E-state index contributed by atoms with van der Waals surface area (Å²) in [6.45, 7) is -0.327. The lowest BCUT2D eigenvalue weighted by Crippen LogP contribution is -2.50. The van der Waals surface area contributed by atoms with E-state index in [2.05, 4.69) is 5.32 Å². The van der Waals surface area contributed by atoms with Crippen molar-refractivity contribution in [3.63, 3.8) is 0 Å². The van der Waals surface area contributed by atoms with Gasteiger partial charge in [-0.25, -0.2) is 8.78 Å². The summed E-state index contributed by atoms with van der Waals surface area (Å²) in [6, 6.07) is 2.11. The number of aliphatic hydroxyl groups is 2. The van der Waals surface area contributed by atoms with E-state index in [1.54, 1.807) is 0 Å². The second-order valence-corrected chi connectivity index (χ2v) is 5.55. The zero-order chi connectivity index (χ0) is 16.3. The zero-order valence-electron chi connectivity index (χ0n) is 11.8. The summed E-state index contributed by atoms with van der Waals surface area (Å²) in [7, 11) is 0. The molecule has 1 aliphatic rings. The second-order valence-electron chi connectivity index (χ2n) is 5.55. The number of nitro groups is 1. The van der Waals surface area contributed by atoms with Crippen molar-refractivity contribution >= 4 is 0 Å². The molecule has 0 radical (unpaired) electrons. The summed E-state index contributed by atoms with van der Waals surface area (Å²) >= 11 is 0. The molecule has 1 aromatic rings. The summed E-state index contributed by atoms with van der Waals surface area (Å²) in [6.07, 6.45) is -0.384. The average molecular weight is 316 g/mol. The fourth-order valence-electron chi connectivity index (χ4n) is 2.88. The average Bonchev–Trinajstić information content (AvgIpc) is 2.49. The molecule has 1 saturated heterocycles. The minimum Gasteiger partial charge on any atom is -0.394 e. The van der Waals surface area contributed by atoms with Gasteiger partial charge in [-0.15, -0.1) is 0 Å². The van der Waals surface area contributed by atoms with E-state index in [4.69, 9.17) is 5.11 Å². The normalized spacial score (nSPS) is 26.6. The molecule has 1 aliphatic heterocycles. The van der Waals surface area contributed by atoms with Crippen molar-refractivity contribution in [2.45, 2.75) is 36.9 Å². The Kier molecular flexibility index (Phi) is 5.38. The maximum atomic E-state index is 13.4. The van der Waals surface area contributed by atoms with E-state index in [0.717, 1.165) is 12.1 Å². The molecule has 2 rings (SSSR count). The van der Waals surface area contributed by atoms with Crippen LogP contribution in [0, 0.1) is 21.7 Å². The first kappa shape index (κ1) is 16.7. The molecule has 0 aromatic heterocycles. The Morgan fingerprint density at radius 3 is 2.73 bits per heavy atom. The maximum absolute atomic E-state index is 13.4. The van der Waals surface area contributed by atoms with Crippen LogP contribution in [0.3, 0.4) is 0 Å². The number of benzene rings is 1. The van der Waals surface area contributed by atoms with Gasteiger partial charge in [0.05, 0.1) is 25.2 Å². The highest BCUT2D eigenvalue weighted by Crippen LogP contribution is 2.31. The number of hydrogen-bond acceptors (Lipinski definition) is 5. The highest BCUT2D eigenvalue weighted by Gasteiger charge is 2.39. The van der Waals surface area contributed by atoms with Gasteiger partial charge >= 0.3 is 0 Å². The fraction of sp³-hybridized carbons (Fsp3) is 0.571. The van der Waals surface area contributed by atoms with Crippen molar-refractivity contribution in [2.75, 3.05) is 13.2 Å². The van der Waals surface area contributed by atoms with Crippen LogP contribution in [0.25, 0.3) is 0 Å². The number of halogens is 2. The first-order chi connectivity index (χ1) is 10.4. The molecule has 0 amide bonds. The monoisotopic (exact) mass is 316 g/mol. The molecule has 2 unspecified atom stereocenters. The van der Waals surface area contributed by atoms with Crippen molar-refractivity contribution in [1.82, 2.24) is 5.32 Å². The summed E-state index contributed by atoms with van der Waals surface area (Å²) in [4.78, 5) is 10.8. The van der Waals surface area contributed by atoms with E-state index in [1.807, 2.05) is 0 Å². The van der Waals surface area contributed by atoms with E-state index in [1.165, 1.54) is 6.07 Å². The van der Waals surface area contributed by atoms with E-state index >= 15 is 0 Å². The van der Waals surface area contributed by atoms with Crippen molar-refractivity contribution in [1.29, 1.82) is 0 Å². The van der Waals surface area contributed by atoms with Crippen LogP contribution >= 0.6 is 0 Å². The Bertz CT molecular complexity index is 544. The highest BCUT2D eigenvalue weighted by molar-refractivity contribution is 5.24. The number of nitrogens with zero attached hydrogens (tertiary/aromatic N) is 1. The molecule has 0 saturated carbocycles. The first-order valence-corrected chi connectivity index (χ1v) is 7.03. The largest absolute Gasteiger partial charge is 0.394 e. The Morgan fingerprint density at radius 1 is 1.41 bits per heavy atom. The molecule has 4 atom stereocenters. The minimum absolute atomic E-state index is 0.0689. The summed E-state index contributed by atoms with van der Waals surface area (Å²) in [5.74, 6) is -2.62. The van der Waals surface area contributed by atoms with Gasteiger partial charge in [-0.05, 0) is 30.5 Å². The smallest absolute Gasteiger partial charge is 0.232 e. The summed E-state index contributed by atoms with van der Waals surface area (Å²) < 4.78 is 26.4. The number of hydrogen-bond donors (Lipinski definition) is 3. The van der Waals surface area contributed by atoms with Gasteiger partial charge < -0.3 is 15.5 Å². The quantitative estimate of drug-likeness (QED) is 0.551. The SMILES string of the molecule is O=[N+]([O-])[C@@H]1CNC(CC(O)CO)C[C@H]1c1ccc(F)c(F)c1. The van der Waals surface area contributed by atoms with Gasteiger partial charge in [-0.2, -0.15) is 0 Å². The standard InChI is InChI=1S/C14H18F2N2O4/c15-12-2-1-8(3-13(12)16)11-5-9(4-10(20)7-19)17-6-14(11)18(21)22/h1-3,9-11,14,17,19-20H,4-7H2/t9?,10?,11-,14+/m0/s1. The van der Waals surface area contributed by atoms with Gasteiger partial charge in [-0.1, -0.05) is 6.07 Å². The molecule has 0 aliphatic carbocycles. The molecule has 22 heavy (non-hydrogen) atoms. The molecule has 1 fully saturated rings. The predicted octanol–water partition coefficient (Wildman–Crippen LogP) is 0.799. The Balaban J connectivity index is 2.21. The molecular formula is C14H18F2N2O4. The van der Waals surface area contributed by atoms with Crippen molar-refractivity contribution in [3.05, 3.63) is 45.5 Å². The lowest BCUT2D eigenvalue weighted by atomic mass is 9.81. The summed E-state index contributed by atoms with van der Waals surface area (Å²) in [5, 5.41) is 32.5. The van der Waals surface area contributed by atoms with Gasteiger partial charge in [0.2, 0.25) is 6.04 Å². The van der Waals surface area contributed by atoms with Crippen LogP contribution in [0.1, 0.15) is 24.3 Å². The van der Waals surface area contributed by atoms with E-state index < -0.39 is 41.2 Å². The van der Waals surface area contributed by atoms with Gasteiger partial charge in [0.15, 0.2) is 11.6 Å². The third-order valence-electron chi connectivity index (χ3n) is 4.03. The highest BCUT2D eigenvalue weighted by atomic mass is 19.2. The molecule has 3 N–H and O–H groups in total. The zero-order valence-corrected chi connectivity index (χ0v) is 11.8. The molecule has 122 valence electrons. The van der Waals surface area contributed by atoms with Crippen LogP contribution in [-0.2, 0) is 0 Å². The Hall–Kier alpha value is -1.64. The predicted molar refractivity (Wildman–Crippen MR) is 74.0 cm³/mol. The lowest BCUT2D eigenvalue weighted by molar-refractivity contribution is -0.527. The van der Waals surface area contributed by atoms with E-state index in [9.17, 15) is 24.0 Å². The third-order valence-corrected chi connectivity index (χ3v) is 4.03. The topological polar surface area (TPSA) is 95.6 Å². The van der Waals surface area contributed by atoms with E-state index in [0.29, 0.717) is 12.0 Å². The second kappa shape index (κ2) is 7.08. The third kappa shape index (κ3) is 3.76. The molecule has 0 bridgehead atoms. The number of nitrogens with one attached hydrogen (secondary N) is 1. The van der Waals surface area contributed by atoms with Crippen LogP contribution in [0.15, 0.2) is 18.2 Å². The van der Waals surface area contributed by atoms with Crippen LogP contribution in [0.2, 0.25) is 0 Å². The van der Waals surface area contributed by atoms with E-state index in [-0.39, 0.29) is 19.0 Å². The van der Waals surface area contributed by atoms with Crippen LogP contribution in [0.5, 0.6) is 0 Å². The minimum atomic E-state index is -1.04. The number of rotatable bonds is 5. The van der Waals surface area contributed by atoms with Crippen LogP contribution < -0.4 is 5.32 Å². The maximum Gasteiger partial charge on any atom is 0.232 e.